The largest absolute Gasteiger partial charge is 0.462 e. The van der Waals surface area contributed by atoms with Crippen LogP contribution in [0.15, 0.2) is 48.8 Å². The van der Waals surface area contributed by atoms with Crippen molar-refractivity contribution in [1.29, 1.82) is 0 Å². The summed E-state index contributed by atoms with van der Waals surface area (Å²) in [5.41, 5.74) is 1.88. The van der Waals surface area contributed by atoms with E-state index in [0.29, 0.717) is 22.0 Å². The first-order valence-corrected chi connectivity index (χ1v) is 9.34. The molecule has 2 aromatic carbocycles. The number of nitro groups is 1. The highest BCUT2D eigenvalue weighted by atomic mass is 35.5. The van der Waals surface area contributed by atoms with Gasteiger partial charge in [-0.2, -0.15) is 0 Å². The zero-order valence-electron chi connectivity index (χ0n) is 16.2. The maximum absolute atomic E-state index is 11.8. The van der Waals surface area contributed by atoms with E-state index in [0.717, 1.165) is 5.56 Å². The number of ether oxygens (including phenoxy) is 1. The lowest BCUT2D eigenvalue weighted by molar-refractivity contribution is -0.383. The summed E-state index contributed by atoms with van der Waals surface area (Å²) in [6.45, 7) is 3.79. The highest BCUT2D eigenvalue weighted by molar-refractivity contribution is 6.31. The molecule has 1 aromatic heterocycles. The number of aromatic nitrogens is 2. The summed E-state index contributed by atoms with van der Waals surface area (Å²) < 4.78 is 4.94. The molecule has 0 amide bonds. The van der Waals surface area contributed by atoms with Gasteiger partial charge in [-0.1, -0.05) is 17.7 Å². The number of halogens is 1. The van der Waals surface area contributed by atoms with Gasteiger partial charge in [0, 0.05) is 16.4 Å². The maximum Gasteiger partial charge on any atom is 0.353 e. The topological polar surface area (TPSA) is 119 Å². The molecule has 0 aliphatic rings. The molecule has 0 unspecified atom stereocenters. The molecule has 0 aliphatic carbocycles. The molecule has 0 atom stereocenters. The monoisotopic (exact) mass is 427 g/mol. The lowest BCUT2D eigenvalue weighted by Crippen LogP contribution is -2.07. The standard InChI is InChI=1S/C20H18ClN5O4/c1-3-30-20(27)13-7-9-14(10-8-13)24-18-17(26(28)29)19(23-11-22-18)25-16-6-4-5-15(21)12(16)2/h4-11H,3H2,1-2H3,(H2,22,23,24,25). The van der Waals surface area contributed by atoms with Crippen molar-refractivity contribution in [1.82, 2.24) is 9.97 Å². The molecule has 10 heteroatoms. The van der Waals surface area contributed by atoms with E-state index in [4.69, 9.17) is 16.3 Å². The number of nitrogens with zero attached hydrogens (tertiary/aromatic N) is 3. The van der Waals surface area contributed by atoms with Crippen molar-refractivity contribution in [2.75, 3.05) is 17.2 Å². The van der Waals surface area contributed by atoms with Gasteiger partial charge in [0.05, 0.1) is 17.1 Å². The van der Waals surface area contributed by atoms with Crippen molar-refractivity contribution >= 4 is 46.3 Å². The summed E-state index contributed by atoms with van der Waals surface area (Å²) >= 11 is 6.12. The molecule has 9 nitrogen and oxygen atoms in total. The van der Waals surface area contributed by atoms with E-state index in [-0.39, 0.29) is 23.9 Å². The molecule has 3 aromatic rings. The van der Waals surface area contributed by atoms with E-state index < -0.39 is 10.9 Å². The Morgan fingerprint density at radius 1 is 1.13 bits per heavy atom. The zero-order chi connectivity index (χ0) is 21.7. The first-order chi connectivity index (χ1) is 14.4. The number of nitrogens with one attached hydrogen (secondary N) is 2. The molecule has 0 spiro atoms. The molecule has 0 radical (unpaired) electrons. The van der Waals surface area contributed by atoms with Crippen molar-refractivity contribution < 1.29 is 14.5 Å². The third kappa shape index (κ3) is 4.64. The van der Waals surface area contributed by atoms with Gasteiger partial charge in [-0.15, -0.1) is 0 Å². The van der Waals surface area contributed by atoms with Crippen LogP contribution in [0.5, 0.6) is 0 Å². The second-order valence-electron chi connectivity index (χ2n) is 6.14. The normalized spacial score (nSPS) is 10.4. The van der Waals surface area contributed by atoms with Crippen LogP contribution in [0, 0.1) is 17.0 Å². The number of anilines is 4. The van der Waals surface area contributed by atoms with Crippen molar-refractivity contribution in [3.05, 3.63) is 75.1 Å². The molecule has 154 valence electrons. The Kier molecular flexibility index (Phi) is 6.43. The lowest BCUT2D eigenvalue weighted by Gasteiger charge is -2.12. The number of carbonyl (C=O) groups excluding carboxylic acids is 1. The Morgan fingerprint density at radius 2 is 1.80 bits per heavy atom. The van der Waals surface area contributed by atoms with Crippen LogP contribution >= 0.6 is 11.6 Å². The van der Waals surface area contributed by atoms with Gasteiger partial charge in [0.1, 0.15) is 6.33 Å². The molecule has 0 bridgehead atoms. The summed E-state index contributed by atoms with van der Waals surface area (Å²) in [7, 11) is 0. The average molecular weight is 428 g/mol. The van der Waals surface area contributed by atoms with Crippen molar-refractivity contribution in [2.24, 2.45) is 0 Å². The van der Waals surface area contributed by atoms with Gasteiger partial charge in [-0.05, 0) is 55.8 Å². The smallest absolute Gasteiger partial charge is 0.353 e. The molecule has 1 heterocycles. The van der Waals surface area contributed by atoms with Crippen LogP contribution in [0.2, 0.25) is 5.02 Å². The fraction of sp³-hybridized carbons (Fsp3) is 0.150. The van der Waals surface area contributed by atoms with Crippen LogP contribution in [-0.2, 0) is 4.74 Å². The zero-order valence-corrected chi connectivity index (χ0v) is 16.9. The summed E-state index contributed by atoms with van der Waals surface area (Å²) in [5, 5.41) is 18.1. The van der Waals surface area contributed by atoms with Crippen molar-refractivity contribution in [2.45, 2.75) is 13.8 Å². The molecule has 0 saturated carbocycles. The van der Waals surface area contributed by atoms with Gasteiger partial charge in [0.2, 0.25) is 11.6 Å². The number of benzene rings is 2. The van der Waals surface area contributed by atoms with Gasteiger partial charge < -0.3 is 15.4 Å². The van der Waals surface area contributed by atoms with Gasteiger partial charge in [0.15, 0.2) is 0 Å². The molecule has 0 aliphatic heterocycles. The second kappa shape index (κ2) is 9.19. The molecule has 0 fully saturated rings. The van der Waals surface area contributed by atoms with E-state index in [2.05, 4.69) is 20.6 Å². The number of carbonyl (C=O) groups is 1. The van der Waals surface area contributed by atoms with Crippen LogP contribution < -0.4 is 10.6 Å². The Morgan fingerprint density at radius 3 is 2.43 bits per heavy atom. The quantitative estimate of drug-likeness (QED) is 0.306. The van der Waals surface area contributed by atoms with Gasteiger partial charge in [0.25, 0.3) is 0 Å². The molecule has 3 rings (SSSR count). The fourth-order valence-corrected chi connectivity index (χ4v) is 2.82. The third-order valence-corrected chi connectivity index (χ3v) is 4.59. The van der Waals surface area contributed by atoms with Crippen LogP contribution in [0.1, 0.15) is 22.8 Å². The van der Waals surface area contributed by atoms with Crippen LogP contribution in [-0.4, -0.2) is 27.5 Å². The predicted octanol–water partition coefficient (Wildman–Crippen LogP) is 5.01. The van der Waals surface area contributed by atoms with Crippen LogP contribution in [0.4, 0.5) is 28.7 Å². The van der Waals surface area contributed by atoms with E-state index in [1.54, 1.807) is 56.3 Å². The number of hydrogen-bond donors (Lipinski definition) is 2. The molecular formula is C20H18ClN5O4. The van der Waals surface area contributed by atoms with E-state index >= 15 is 0 Å². The van der Waals surface area contributed by atoms with E-state index in [1.165, 1.54) is 6.33 Å². The maximum atomic E-state index is 11.8. The predicted molar refractivity (Wildman–Crippen MR) is 114 cm³/mol. The number of hydrogen-bond acceptors (Lipinski definition) is 8. The highest BCUT2D eigenvalue weighted by Crippen LogP contribution is 2.34. The second-order valence-corrected chi connectivity index (χ2v) is 6.54. The minimum atomic E-state index is -0.572. The SMILES string of the molecule is CCOC(=O)c1ccc(Nc2ncnc(Nc3cccc(Cl)c3C)c2[N+](=O)[O-])cc1. The summed E-state index contributed by atoms with van der Waals surface area (Å²) in [5.74, 6) is -0.424. The Labute approximate surface area is 177 Å². The Balaban J connectivity index is 1.90. The van der Waals surface area contributed by atoms with Gasteiger partial charge >= 0.3 is 11.7 Å². The highest BCUT2D eigenvalue weighted by Gasteiger charge is 2.24. The molecule has 30 heavy (non-hydrogen) atoms. The summed E-state index contributed by atoms with van der Waals surface area (Å²) in [6.07, 6.45) is 1.21. The molecular weight excluding hydrogens is 410 g/mol. The first kappa shape index (κ1) is 21.0. The Bertz CT molecular complexity index is 1090. The Hall–Kier alpha value is -3.72. The summed E-state index contributed by atoms with van der Waals surface area (Å²) in [6, 6.07) is 11.5. The van der Waals surface area contributed by atoms with Crippen LogP contribution in [0.25, 0.3) is 0 Å². The first-order valence-electron chi connectivity index (χ1n) is 8.96. The third-order valence-electron chi connectivity index (χ3n) is 4.18. The van der Waals surface area contributed by atoms with Gasteiger partial charge in [-0.25, -0.2) is 14.8 Å². The average Bonchev–Trinajstić information content (AvgIpc) is 2.72. The lowest BCUT2D eigenvalue weighted by atomic mass is 10.2. The van der Waals surface area contributed by atoms with Crippen molar-refractivity contribution in [3.8, 4) is 0 Å². The molecule has 0 saturated heterocycles. The summed E-state index contributed by atoms with van der Waals surface area (Å²) in [4.78, 5) is 31.0. The minimum absolute atomic E-state index is 0.000987. The minimum Gasteiger partial charge on any atom is -0.462 e. The molecule has 2 N–H and O–H groups in total. The van der Waals surface area contributed by atoms with Crippen molar-refractivity contribution in [3.63, 3.8) is 0 Å². The number of esters is 1. The van der Waals surface area contributed by atoms with E-state index in [9.17, 15) is 14.9 Å². The fourth-order valence-electron chi connectivity index (χ4n) is 2.65. The van der Waals surface area contributed by atoms with Crippen LogP contribution in [0.3, 0.4) is 0 Å². The van der Waals surface area contributed by atoms with E-state index in [1.807, 2.05) is 0 Å². The van der Waals surface area contributed by atoms with Gasteiger partial charge in [-0.3, -0.25) is 10.1 Å². The number of rotatable bonds is 7.